The van der Waals surface area contributed by atoms with E-state index in [1.807, 2.05) is 0 Å². The summed E-state index contributed by atoms with van der Waals surface area (Å²) in [6.45, 7) is 0. The zero-order valence-electron chi connectivity index (χ0n) is 9.93. The first-order valence-corrected chi connectivity index (χ1v) is 7.41. The predicted molar refractivity (Wildman–Crippen MR) is 67.3 cm³/mol. The number of amides is 1. The SMILES string of the molecule is NS(=O)(=O)c1ccc(CCC(=O)NC2CC2)cc1. The Morgan fingerprint density at radius 2 is 1.89 bits per heavy atom. The Hall–Kier alpha value is -1.40. The minimum Gasteiger partial charge on any atom is -0.353 e. The molecule has 0 atom stereocenters. The van der Waals surface area contributed by atoms with Gasteiger partial charge in [0.2, 0.25) is 15.9 Å². The van der Waals surface area contributed by atoms with E-state index in [1.54, 1.807) is 12.1 Å². The number of benzene rings is 1. The number of sulfonamides is 1. The molecule has 0 bridgehead atoms. The van der Waals surface area contributed by atoms with Gasteiger partial charge in [0.1, 0.15) is 0 Å². The smallest absolute Gasteiger partial charge is 0.238 e. The van der Waals surface area contributed by atoms with Crippen molar-refractivity contribution in [3.05, 3.63) is 29.8 Å². The molecule has 0 aliphatic heterocycles. The summed E-state index contributed by atoms with van der Waals surface area (Å²) in [6.07, 6.45) is 3.18. The van der Waals surface area contributed by atoms with Gasteiger partial charge in [0.15, 0.2) is 0 Å². The maximum Gasteiger partial charge on any atom is 0.238 e. The van der Waals surface area contributed by atoms with E-state index in [0.29, 0.717) is 18.9 Å². The Labute approximate surface area is 106 Å². The van der Waals surface area contributed by atoms with E-state index >= 15 is 0 Å². The monoisotopic (exact) mass is 268 g/mol. The van der Waals surface area contributed by atoms with Gasteiger partial charge in [-0.2, -0.15) is 0 Å². The Morgan fingerprint density at radius 1 is 1.28 bits per heavy atom. The molecule has 5 nitrogen and oxygen atoms in total. The molecular weight excluding hydrogens is 252 g/mol. The molecule has 0 spiro atoms. The van der Waals surface area contributed by atoms with Crippen molar-refractivity contribution >= 4 is 15.9 Å². The van der Waals surface area contributed by atoms with E-state index in [2.05, 4.69) is 5.32 Å². The number of carbonyl (C=O) groups excluding carboxylic acids is 1. The lowest BCUT2D eigenvalue weighted by Crippen LogP contribution is -2.25. The van der Waals surface area contributed by atoms with Gasteiger partial charge in [-0.1, -0.05) is 12.1 Å². The van der Waals surface area contributed by atoms with Gasteiger partial charge in [-0.25, -0.2) is 13.6 Å². The van der Waals surface area contributed by atoms with Crippen LogP contribution in [0.15, 0.2) is 29.2 Å². The molecule has 0 unspecified atom stereocenters. The third-order valence-corrected chi connectivity index (χ3v) is 3.76. The van der Waals surface area contributed by atoms with Crippen molar-refractivity contribution < 1.29 is 13.2 Å². The normalized spacial score (nSPS) is 15.4. The Morgan fingerprint density at radius 3 is 2.39 bits per heavy atom. The second kappa shape index (κ2) is 5.07. The van der Waals surface area contributed by atoms with E-state index in [-0.39, 0.29) is 10.8 Å². The van der Waals surface area contributed by atoms with Crippen LogP contribution in [0.25, 0.3) is 0 Å². The van der Waals surface area contributed by atoms with Crippen LogP contribution in [0.1, 0.15) is 24.8 Å². The molecule has 0 heterocycles. The van der Waals surface area contributed by atoms with E-state index in [9.17, 15) is 13.2 Å². The van der Waals surface area contributed by atoms with Crippen LogP contribution in [0.5, 0.6) is 0 Å². The number of aryl methyl sites for hydroxylation is 1. The van der Waals surface area contributed by atoms with Crippen molar-refractivity contribution in [2.75, 3.05) is 0 Å². The molecule has 1 aromatic carbocycles. The second-order valence-corrected chi connectivity index (χ2v) is 6.09. The predicted octanol–water partition coefficient (Wildman–Crippen LogP) is 0.545. The third kappa shape index (κ3) is 3.82. The fourth-order valence-electron chi connectivity index (χ4n) is 1.63. The number of nitrogens with two attached hydrogens (primary N) is 1. The van der Waals surface area contributed by atoms with Gasteiger partial charge in [0.25, 0.3) is 0 Å². The van der Waals surface area contributed by atoms with E-state index in [4.69, 9.17) is 5.14 Å². The standard InChI is InChI=1S/C12H16N2O3S/c13-18(16,17)11-6-1-9(2-7-11)3-8-12(15)14-10-4-5-10/h1-2,6-7,10H,3-5,8H2,(H,14,15)(H2,13,16,17). The number of hydrogen-bond acceptors (Lipinski definition) is 3. The lowest BCUT2D eigenvalue weighted by molar-refractivity contribution is -0.121. The van der Waals surface area contributed by atoms with E-state index in [0.717, 1.165) is 18.4 Å². The highest BCUT2D eigenvalue weighted by atomic mass is 32.2. The topological polar surface area (TPSA) is 89.3 Å². The average molecular weight is 268 g/mol. The van der Waals surface area contributed by atoms with Crippen molar-refractivity contribution in [2.24, 2.45) is 5.14 Å². The molecule has 1 aliphatic rings. The number of carbonyl (C=O) groups is 1. The minimum atomic E-state index is -3.64. The summed E-state index contributed by atoms with van der Waals surface area (Å²) in [5.74, 6) is 0.0491. The summed E-state index contributed by atoms with van der Waals surface area (Å²) in [6, 6.07) is 6.67. The maximum absolute atomic E-state index is 11.5. The summed E-state index contributed by atoms with van der Waals surface area (Å²) in [7, 11) is -3.64. The first-order valence-electron chi connectivity index (χ1n) is 5.86. The molecule has 1 fully saturated rings. The van der Waals surface area contributed by atoms with Crippen LogP contribution in [-0.2, 0) is 21.2 Å². The van der Waals surface area contributed by atoms with Gasteiger partial charge in [0.05, 0.1) is 4.90 Å². The molecule has 1 amide bonds. The molecule has 6 heteroatoms. The summed E-state index contributed by atoms with van der Waals surface area (Å²) in [5.41, 5.74) is 0.924. The number of hydrogen-bond donors (Lipinski definition) is 2. The first kappa shape index (κ1) is 13.0. The lowest BCUT2D eigenvalue weighted by atomic mass is 10.1. The second-order valence-electron chi connectivity index (χ2n) is 4.53. The zero-order chi connectivity index (χ0) is 13.2. The van der Waals surface area contributed by atoms with E-state index < -0.39 is 10.0 Å². The molecule has 98 valence electrons. The van der Waals surface area contributed by atoms with Crippen LogP contribution in [-0.4, -0.2) is 20.4 Å². The summed E-state index contributed by atoms with van der Waals surface area (Å²) < 4.78 is 22.1. The maximum atomic E-state index is 11.5. The molecular formula is C12H16N2O3S. The highest BCUT2D eigenvalue weighted by Gasteiger charge is 2.22. The number of nitrogens with one attached hydrogen (secondary N) is 1. The summed E-state index contributed by atoms with van der Waals surface area (Å²) >= 11 is 0. The zero-order valence-corrected chi connectivity index (χ0v) is 10.7. The molecule has 3 N–H and O–H groups in total. The van der Waals surface area contributed by atoms with Crippen molar-refractivity contribution in [1.82, 2.24) is 5.32 Å². The third-order valence-electron chi connectivity index (χ3n) is 2.84. The van der Waals surface area contributed by atoms with Crippen molar-refractivity contribution in [3.63, 3.8) is 0 Å². The van der Waals surface area contributed by atoms with Crippen molar-refractivity contribution in [2.45, 2.75) is 36.6 Å². The van der Waals surface area contributed by atoms with Crippen LogP contribution in [0.2, 0.25) is 0 Å². The largest absolute Gasteiger partial charge is 0.353 e. The van der Waals surface area contributed by atoms with Crippen molar-refractivity contribution in [1.29, 1.82) is 0 Å². The first-order chi connectivity index (χ1) is 8.45. The van der Waals surface area contributed by atoms with E-state index in [1.165, 1.54) is 12.1 Å². The lowest BCUT2D eigenvalue weighted by Gasteiger charge is -2.04. The van der Waals surface area contributed by atoms with Crippen LogP contribution in [0.4, 0.5) is 0 Å². The quantitative estimate of drug-likeness (QED) is 0.817. The molecule has 0 radical (unpaired) electrons. The van der Waals surface area contributed by atoms with Crippen LogP contribution in [0, 0.1) is 0 Å². The average Bonchev–Trinajstić information content (AvgIpc) is 3.10. The highest BCUT2D eigenvalue weighted by molar-refractivity contribution is 7.89. The molecule has 1 aromatic rings. The fourth-order valence-corrected chi connectivity index (χ4v) is 2.15. The minimum absolute atomic E-state index is 0.0491. The molecule has 0 saturated heterocycles. The van der Waals surface area contributed by atoms with Crippen molar-refractivity contribution in [3.8, 4) is 0 Å². The molecule has 2 rings (SSSR count). The fraction of sp³-hybridized carbons (Fsp3) is 0.417. The van der Waals surface area contributed by atoms with Crippen LogP contribution >= 0.6 is 0 Å². The van der Waals surface area contributed by atoms with Crippen LogP contribution in [0.3, 0.4) is 0 Å². The Balaban J connectivity index is 1.87. The number of primary sulfonamides is 1. The van der Waals surface area contributed by atoms with Gasteiger partial charge in [-0.05, 0) is 37.0 Å². The van der Waals surface area contributed by atoms with Gasteiger partial charge < -0.3 is 5.32 Å². The van der Waals surface area contributed by atoms with Gasteiger partial charge in [0, 0.05) is 12.5 Å². The summed E-state index contributed by atoms with van der Waals surface area (Å²) in [5, 5.41) is 7.90. The highest BCUT2D eigenvalue weighted by Crippen LogP contribution is 2.19. The van der Waals surface area contributed by atoms with Gasteiger partial charge in [-0.15, -0.1) is 0 Å². The molecule has 0 aromatic heterocycles. The molecule has 1 saturated carbocycles. The Kier molecular flexibility index (Phi) is 3.68. The van der Waals surface area contributed by atoms with Crippen LogP contribution < -0.4 is 10.5 Å². The summed E-state index contributed by atoms with van der Waals surface area (Å²) in [4.78, 5) is 11.6. The molecule has 1 aliphatic carbocycles. The Bertz CT molecular complexity index is 533. The van der Waals surface area contributed by atoms with Gasteiger partial charge >= 0.3 is 0 Å². The van der Waals surface area contributed by atoms with Gasteiger partial charge in [-0.3, -0.25) is 4.79 Å². The number of rotatable bonds is 5. The molecule has 18 heavy (non-hydrogen) atoms.